The van der Waals surface area contributed by atoms with Crippen molar-refractivity contribution in [2.45, 2.75) is 66.2 Å². The molecule has 11 nitrogen and oxygen atoms in total. The Morgan fingerprint density at radius 3 is 2.57 bits per heavy atom. The first-order valence-corrected chi connectivity index (χ1v) is 14.4. The molecular formula is C31H36F2N8O3. The lowest BCUT2D eigenvalue weighted by Gasteiger charge is -2.30. The van der Waals surface area contributed by atoms with E-state index in [1.807, 2.05) is 24.5 Å². The molecule has 0 fully saturated rings. The number of imidazole rings is 1. The van der Waals surface area contributed by atoms with E-state index >= 15 is 4.39 Å². The molecule has 0 spiro atoms. The number of anilines is 2. The van der Waals surface area contributed by atoms with Crippen LogP contribution in [-0.4, -0.2) is 72.0 Å². The summed E-state index contributed by atoms with van der Waals surface area (Å²) >= 11 is 0. The van der Waals surface area contributed by atoms with Crippen LogP contribution in [0, 0.1) is 18.6 Å². The largest absolute Gasteiger partial charge is 0.444 e. The first-order chi connectivity index (χ1) is 20.7. The minimum Gasteiger partial charge on any atom is -0.444 e. The summed E-state index contributed by atoms with van der Waals surface area (Å²) in [6.07, 6.45) is 0.980. The van der Waals surface area contributed by atoms with Gasteiger partial charge in [-0.2, -0.15) is 0 Å². The number of nitrogens with one attached hydrogen (secondary N) is 1. The molecule has 0 saturated carbocycles. The molecule has 0 atom stereocenters. The van der Waals surface area contributed by atoms with Crippen molar-refractivity contribution in [2.75, 3.05) is 25.5 Å². The lowest BCUT2D eigenvalue weighted by molar-refractivity contribution is -0.133. The van der Waals surface area contributed by atoms with Gasteiger partial charge in [0.1, 0.15) is 35.0 Å². The second-order valence-corrected chi connectivity index (χ2v) is 12.2. The van der Waals surface area contributed by atoms with Gasteiger partial charge in [0.2, 0.25) is 11.9 Å². The van der Waals surface area contributed by atoms with Crippen molar-refractivity contribution in [3.63, 3.8) is 0 Å². The molecule has 0 bridgehead atoms. The smallest absolute Gasteiger partial charge is 0.410 e. The predicted molar refractivity (Wildman–Crippen MR) is 161 cm³/mol. The number of carbonyl (C=O) groups excluding carboxylic acids is 2. The third kappa shape index (κ3) is 6.46. The van der Waals surface area contributed by atoms with Crippen LogP contribution in [0.4, 0.5) is 25.3 Å². The zero-order valence-corrected chi connectivity index (χ0v) is 25.9. The number of rotatable bonds is 6. The molecular weight excluding hydrogens is 570 g/mol. The Hall–Kier alpha value is -4.68. The van der Waals surface area contributed by atoms with E-state index in [0.717, 1.165) is 17.5 Å². The number of benzene rings is 1. The van der Waals surface area contributed by atoms with Gasteiger partial charge < -0.3 is 24.4 Å². The summed E-state index contributed by atoms with van der Waals surface area (Å²) in [6, 6.07) is 6.51. The van der Waals surface area contributed by atoms with Gasteiger partial charge in [0, 0.05) is 43.9 Å². The first kappa shape index (κ1) is 30.8. The number of nitrogens with zero attached hydrogens (tertiary/aromatic N) is 7. The van der Waals surface area contributed by atoms with Gasteiger partial charge in [-0.15, -0.1) is 0 Å². The maximum Gasteiger partial charge on any atom is 0.410 e. The van der Waals surface area contributed by atoms with Crippen molar-refractivity contribution in [2.24, 2.45) is 0 Å². The fourth-order valence-corrected chi connectivity index (χ4v) is 5.21. The molecule has 0 aliphatic carbocycles. The minimum atomic E-state index is -0.692. The molecule has 0 saturated heterocycles. The number of hydrogen-bond acceptors (Lipinski definition) is 8. The van der Waals surface area contributed by atoms with Crippen molar-refractivity contribution in [3.05, 3.63) is 59.2 Å². The number of aromatic nitrogens is 5. The number of fused-ring (bicyclic) bond motifs is 2. The average Bonchev–Trinajstić information content (AvgIpc) is 3.29. The van der Waals surface area contributed by atoms with E-state index in [1.165, 1.54) is 18.0 Å². The highest BCUT2D eigenvalue weighted by Crippen LogP contribution is 2.30. The quantitative estimate of drug-likeness (QED) is 0.304. The third-order valence-corrected chi connectivity index (χ3v) is 7.18. The van der Waals surface area contributed by atoms with Gasteiger partial charge in [0.25, 0.3) is 0 Å². The zero-order valence-electron chi connectivity index (χ0n) is 25.9. The number of carbonyl (C=O) groups is 2. The maximum absolute atomic E-state index is 15.0. The topological polar surface area (TPSA) is 118 Å². The highest BCUT2D eigenvalue weighted by atomic mass is 19.1. The number of amides is 2. The number of hydrogen-bond donors (Lipinski definition) is 1. The summed E-state index contributed by atoms with van der Waals surface area (Å²) in [6.45, 7) is 11.7. The minimum absolute atomic E-state index is 0.0287. The van der Waals surface area contributed by atoms with E-state index < -0.39 is 23.3 Å². The highest BCUT2D eigenvalue weighted by molar-refractivity contribution is 5.83. The van der Waals surface area contributed by atoms with Gasteiger partial charge in [0.15, 0.2) is 11.6 Å². The van der Waals surface area contributed by atoms with E-state index in [-0.39, 0.29) is 41.2 Å². The van der Waals surface area contributed by atoms with Crippen LogP contribution in [0.2, 0.25) is 0 Å². The van der Waals surface area contributed by atoms with Crippen LogP contribution in [0.25, 0.3) is 22.3 Å². The van der Waals surface area contributed by atoms with E-state index in [0.29, 0.717) is 36.7 Å². The first-order valence-electron chi connectivity index (χ1n) is 14.4. The second-order valence-electron chi connectivity index (χ2n) is 12.2. The fourth-order valence-electron chi connectivity index (χ4n) is 5.21. The Morgan fingerprint density at radius 1 is 1.11 bits per heavy atom. The van der Waals surface area contributed by atoms with Gasteiger partial charge >= 0.3 is 6.09 Å². The molecule has 5 rings (SSSR count). The SMILES string of the molecule is Cc1nc2c(F)cc(-c3nc(Nc4ccc5c(n4)CCN(C(=O)CN(C)C(=O)OC(C)(C)C)C5)ncc3F)cc2n1C(C)C. The second kappa shape index (κ2) is 11.8. The molecule has 0 unspecified atom stereocenters. The van der Waals surface area contributed by atoms with Crippen molar-refractivity contribution >= 4 is 34.8 Å². The number of aryl methyl sites for hydroxylation is 1. The molecule has 1 N–H and O–H groups in total. The zero-order chi connectivity index (χ0) is 31.9. The van der Waals surface area contributed by atoms with E-state index in [9.17, 15) is 14.0 Å². The number of halogens is 2. The van der Waals surface area contributed by atoms with E-state index in [1.54, 1.807) is 44.7 Å². The molecule has 4 heterocycles. The molecule has 44 heavy (non-hydrogen) atoms. The molecule has 3 aromatic heterocycles. The monoisotopic (exact) mass is 606 g/mol. The Kier molecular flexibility index (Phi) is 8.23. The van der Waals surface area contributed by atoms with Crippen LogP contribution in [0.15, 0.2) is 30.5 Å². The van der Waals surface area contributed by atoms with Crippen molar-refractivity contribution in [1.82, 2.24) is 34.3 Å². The van der Waals surface area contributed by atoms with Crippen LogP contribution in [-0.2, 0) is 22.5 Å². The molecule has 4 aromatic rings. The van der Waals surface area contributed by atoms with Crippen molar-refractivity contribution < 1.29 is 23.1 Å². The molecule has 1 aromatic carbocycles. The van der Waals surface area contributed by atoms with Crippen molar-refractivity contribution in [1.29, 1.82) is 0 Å². The van der Waals surface area contributed by atoms with Gasteiger partial charge in [-0.1, -0.05) is 6.07 Å². The van der Waals surface area contributed by atoms with Crippen LogP contribution in [0.5, 0.6) is 0 Å². The Labute approximate surface area is 254 Å². The van der Waals surface area contributed by atoms with Crippen LogP contribution >= 0.6 is 0 Å². The standard InChI is InChI=1S/C31H36F2N8O3/c1-17(2)41-18(3)35-28-21(32)12-20(13-24(28)41)27-22(33)14-34-29(38-27)37-25-9-8-19-15-40(11-10-23(19)36-25)26(42)16-39(7)30(43)44-31(4,5)6/h8-9,12-14,17H,10-11,15-16H2,1-7H3,(H,34,36,37,38). The van der Waals surface area contributed by atoms with Gasteiger partial charge in [-0.05, 0) is 65.3 Å². The Bertz CT molecular complexity index is 1750. The summed E-state index contributed by atoms with van der Waals surface area (Å²) < 4.78 is 37.2. The molecule has 1 aliphatic heterocycles. The summed E-state index contributed by atoms with van der Waals surface area (Å²) in [5.74, 6) is -0.244. The molecule has 232 valence electrons. The lowest BCUT2D eigenvalue weighted by Crippen LogP contribution is -2.44. The molecule has 2 amide bonds. The van der Waals surface area contributed by atoms with Gasteiger partial charge in [-0.25, -0.2) is 33.5 Å². The fraction of sp³-hybridized carbons (Fsp3) is 0.419. The number of pyridine rings is 1. The Balaban J connectivity index is 1.31. The molecule has 13 heteroatoms. The van der Waals surface area contributed by atoms with Gasteiger partial charge in [-0.3, -0.25) is 4.79 Å². The summed E-state index contributed by atoms with van der Waals surface area (Å²) in [5, 5.41) is 3.02. The normalized spacial score (nSPS) is 13.3. The lowest BCUT2D eigenvalue weighted by atomic mass is 10.1. The van der Waals surface area contributed by atoms with E-state index in [2.05, 4.69) is 25.3 Å². The molecule has 0 radical (unpaired) electrons. The van der Waals surface area contributed by atoms with E-state index in [4.69, 9.17) is 4.74 Å². The van der Waals surface area contributed by atoms with Crippen LogP contribution in [0.1, 0.15) is 57.7 Å². The summed E-state index contributed by atoms with van der Waals surface area (Å²) in [7, 11) is 1.53. The number of likely N-dealkylation sites (N-methyl/N-ethyl adjacent to an activating group) is 1. The average molecular weight is 607 g/mol. The highest BCUT2D eigenvalue weighted by Gasteiger charge is 2.26. The van der Waals surface area contributed by atoms with Crippen LogP contribution in [0.3, 0.4) is 0 Å². The van der Waals surface area contributed by atoms with Crippen molar-refractivity contribution in [3.8, 4) is 11.3 Å². The van der Waals surface area contributed by atoms with Crippen LogP contribution < -0.4 is 5.32 Å². The Morgan fingerprint density at radius 2 is 1.86 bits per heavy atom. The predicted octanol–water partition coefficient (Wildman–Crippen LogP) is 5.55. The molecule has 1 aliphatic rings. The maximum atomic E-state index is 15.0. The summed E-state index contributed by atoms with van der Waals surface area (Å²) in [5.41, 5.74) is 2.01. The van der Waals surface area contributed by atoms with Gasteiger partial charge in [0.05, 0.1) is 11.7 Å². The number of ether oxygens (including phenoxy) is 1. The summed E-state index contributed by atoms with van der Waals surface area (Å²) in [4.78, 5) is 45.5. The third-order valence-electron chi connectivity index (χ3n) is 7.18.